The zero-order valence-corrected chi connectivity index (χ0v) is 12.3. The Morgan fingerprint density at radius 1 is 1.44 bits per heavy atom. The minimum atomic E-state index is -0.469. The van der Waals surface area contributed by atoms with Gasteiger partial charge in [0, 0.05) is 11.7 Å². The maximum absolute atomic E-state index is 13.6. The first-order valence-corrected chi connectivity index (χ1v) is 7.45. The van der Waals surface area contributed by atoms with Crippen LogP contribution < -0.4 is 0 Å². The zero-order valence-electron chi connectivity index (χ0n) is 9.85. The van der Waals surface area contributed by atoms with E-state index in [-0.39, 0.29) is 17.4 Å². The molecule has 0 aliphatic rings. The lowest BCUT2D eigenvalue weighted by molar-refractivity contribution is 0.366. The van der Waals surface area contributed by atoms with Gasteiger partial charge in [-0.25, -0.2) is 9.37 Å². The zero-order chi connectivity index (χ0) is 13.1. The van der Waals surface area contributed by atoms with Crippen LogP contribution in [0.4, 0.5) is 4.39 Å². The summed E-state index contributed by atoms with van der Waals surface area (Å²) in [7, 11) is 0. The summed E-state index contributed by atoms with van der Waals surface area (Å²) in [5.74, 6) is 1.22. The van der Waals surface area contributed by atoms with Gasteiger partial charge in [0.1, 0.15) is 10.3 Å². The van der Waals surface area contributed by atoms with Crippen LogP contribution in [0.25, 0.3) is 11.5 Å². The van der Waals surface area contributed by atoms with E-state index < -0.39 is 5.82 Å². The molecule has 2 aromatic heterocycles. The highest BCUT2D eigenvalue weighted by Crippen LogP contribution is 2.23. The molecule has 0 aliphatic carbocycles. The van der Waals surface area contributed by atoms with Gasteiger partial charge in [-0.15, -0.1) is 0 Å². The van der Waals surface area contributed by atoms with E-state index in [4.69, 9.17) is 4.52 Å². The summed E-state index contributed by atoms with van der Waals surface area (Å²) in [4.78, 5) is 8.20. The van der Waals surface area contributed by atoms with E-state index >= 15 is 0 Å². The Labute approximate surface area is 117 Å². The Morgan fingerprint density at radius 2 is 2.22 bits per heavy atom. The molecule has 2 rings (SSSR count). The molecule has 0 N–H and O–H groups in total. The third-order valence-corrected chi connectivity index (χ3v) is 3.58. The maximum atomic E-state index is 13.6. The number of nitrogens with zero attached hydrogens (tertiary/aromatic N) is 3. The Morgan fingerprint density at radius 3 is 2.94 bits per heavy atom. The number of pyridine rings is 1. The van der Waals surface area contributed by atoms with E-state index in [0.29, 0.717) is 10.5 Å². The molecule has 0 amide bonds. The number of hydrogen-bond acceptors (Lipinski definition) is 5. The summed E-state index contributed by atoms with van der Waals surface area (Å²) in [5, 5.41) is 3.77. The molecule has 0 spiro atoms. The van der Waals surface area contributed by atoms with Crippen LogP contribution in [0.3, 0.4) is 0 Å². The monoisotopic (exact) mass is 331 g/mol. The van der Waals surface area contributed by atoms with E-state index in [0.717, 1.165) is 5.75 Å². The van der Waals surface area contributed by atoms with Crippen LogP contribution in [0, 0.1) is 5.82 Å². The smallest absolute Gasteiger partial charge is 0.230 e. The van der Waals surface area contributed by atoms with Gasteiger partial charge < -0.3 is 4.52 Å². The molecule has 1 unspecified atom stereocenters. The van der Waals surface area contributed by atoms with Crippen LogP contribution in [0.2, 0.25) is 0 Å². The van der Waals surface area contributed by atoms with Crippen molar-refractivity contribution >= 4 is 27.7 Å². The predicted octanol–water partition coefficient (Wildman–Crippen LogP) is 3.50. The Hall–Kier alpha value is -0.950. The van der Waals surface area contributed by atoms with Gasteiger partial charge in [0.2, 0.25) is 11.7 Å². The molecule has 7 heteroatoms. The normalized spacial score (nSPS) is 12.7. The standard InChI is InChI=1S/C11H11BrFN3OS/c1-6(5-18-2)11-15-10(16-17-11)9-7(13)3-4-8(12)14-9/h3-4,6H,5H2,1-2H3. The summed E-state index contributed by atoms with van der Waals surface area (Å²) in [6.45, 7) is 1.98. The summed E-state index contributed by atoms with van der Waals surface area (Å²) in [6, 6.07) is 2.84. The van der Waals surface area contributed by atoms with Crippen molar-refractivity contribution in [2.24, 2.45) is 0 Å². The Kier molecular flexibility index (Phi) is 4.34. The SMILES string of the molecule is CSCC(C)c1nc(-c2nc(Br)ccc2F)no1. The number of aromatic nitrogens is 3. The molecule has 18 heavy (non-hydrogen) atoms. The van der Waals surface area contributed by atoms with Gasteiger partial charge in [0.15, 0.2) is 5.82 Å². The van der Waals surface area contributed by atoms with E-state index in [2.05, 4.69) is 31.1 Å². The number of rotatable bonds is 4. The summed E-state index contributed by atoms with van der Waals surface area (Å²) in [6.07, 6.45) is 2.00. The fraction of sp³-hybridized carbons (Fsp3) is 0.364. The largest absolute Gasteiger partial charge is 0.339 e. The lowest BCUT2D eigenvalue weighted by Gasteiger charge is -2.01. The topological polar surface area (TPSA) is 51.8 Å². The molecule has 1 atom stereocenters. The van der Waals surface area contributed by atoms with Crippen molar-refractivity contribution in [1.82, 2.24) is 15.1 Å². The van der Waals surface area contributed by atoms with Crippen molar-refractivity contribution in [1.29, 1.82) is 0 Å². The first-order valence-electron chi connectivity index (χ1n) is 5.26. The van der Waals surface area contributed by atoms with Crippen LogP contribution in [-0.2, 0) is 0 Å². The van der Waals surface area contributed by atoms with Crippen molar-refractivity contribution < 1.29 is 8.91 Å². The van der Waals surface area contributed by atoms with Gasteiger partial charge in [-0.3, -0.25) is 0 Å². The van der Waals surface area contributed by atoms with Gasteiger partial charge in [-0.1, -0.05) is 12.1 Å². The van der Waals surface area contributed by atoms with Crippen LogP contribution in [0.5, 0.6) is 0 Å². The average molecular weight is 332 g/mol. The van der Waals surface area contributed by atoms with E-state index in [9.17, 15) is 4.39 Å². The lowest BCUT2D eigenvalue weighted by atomic mass is 10.2. The summed E-state index contributed by atoms with van der Waals surface area (Å²) < 4.78 is 19.3. The lowest BCUT2D eigenvalue weighted by Crippen LogP contribution is -1.97. The molecule has 0 aliphatic heterocycles. The van der Waals surface area contributed by atoms with Gasteiger partial charge >= 0.3 is 0 Å². The second-order valence-electron chi connectivity index (χ2n) is 3.78. The molecule has 0 aromatic carbocycles. The van der Waals surface area contributed by atoms with Gasteiger partial charge in [-0.2, -0.15) is 16.7 Å². The minimum Gasteiger partial charge on any atom is -0.339 e. The third-order valence-electron chi connectivity index (χ3n) is 2.30. The highest BCUT2D eigenvalue weighted by Gasteiger charge is 2.18. The fourth-order valence-electron chi connectivity index (χ4n) is 1.43. The molecule has 2 heterocycles. The molecule has 0 bridgehead atoms. The highest BCUT2D eigenvalue weighted by atomic mass is 79.9. The molecular formula is C11H11BrFN3OS. The minimum absolute atomic E-state index is 0.0933. The van der Waals surface area contributed by atoms with Crippen LogP contribution >= 0.6 is 27.7 Å². The first-order chi connectivity index (χ1) is 8.61. The van der Waals surface area contributed by atoms with Gasteiger partial charge in [-0.05, 0) is 34.3 Å². The summed E-state index contributed by atoms with van der Waals surface area (Å²) >= 11 is 4.88. The third kappa shape index (κ3) is 2.89. The van der Waals surface area contributed by atoms with Crippen molar-refractivity contribution in [2.75, 3.05) is 12.0 Å². The molecule has 4 nitrogen and oxygen atoms in total. The van der Waals surface area contributed by atoms with Crippen molar-refractivity contribution in [2.45, 2.75) is 12.8 Å². The van der Waals surface area contributed by atoms with Crippen molar-refractivity contribution in [3.8, 4) is 11.5 Å². The van der Waals surface area contributed by atoms with E-state index in [1.54, 1.807) is 11.8 Å². The van der Waals surface area contributed by atoms with Crippen LogP contribution in [0.15, 0.2) is 21.3 Å². The molecule has 0 saturated carbocycles. The maximum Gasteiger partial charge on any atom is 0.230 e. The average Bonchev–Trinajstić information content (AvgIpc) is 2.82. The number of thioether (sulfide) groups is 1. The highest BCUT2D eigenvalue weighted by molar-refractivity contribution is 9.10. The quantitative estimate of drug-likeness (QED) is 0.802. The Balaban J connectivity index is 2.32. The van der Waals surface area contributed by atoms with Crippen LogP contribution in [0.1, 0.15) is 18.7 Å². The van der Waals surface area contributed by atoms with E-state index in [1.807, 2.05) is 13.2 Å². The van der Waals surface area contributed by atoms with Crippen molar-refractivity contribution in [3.63, 3.8) is 0 Å². The van der Waals surface area contributed by atoms with Gasteiger partial charge in [0.05, 0.1) is 0 Å². The second kappa shape index (κ2) is 5.79. The van der Waals surface area contributed by atoms with Crippen LogP contribution in [-0.4, -0.2) is 27.1 Å². The number of hydrogen-bond donors (Lipinski definition) is 0. The molecule has 2 aromatic rings. The Bertz CT molecular complexity index is 549. The summed E-state index contributed by atoms with van der Waals surface area (Å²) in [5.41, 5.74) is 0.0933. The molecule has 96 valence electrons. The fourth-order valence-corrected chi connectivity index (χ4v) is 2.38. The van der Waals surface area contributed by atoms with Crippen molar-refractivity contribution in [3.05, 3.63) is 28.4 Å². The van der Waals surface area contributed by atoms with Gasteiger partial charge in [0.25, 0.3) is 0 Å². The molecular weight excluding hydrogens is 321 g/mol. The van der Waals surface area contributed by atoms with E-state index in [1.165, 1.54) is 12.1 Å². The molecule has 0 saturated heterocycles. The molecule has 0 radical (unpaired) electrons. The predicted molar refractivity (Wildman–Crippen MR) is 72.0 cm³/mol. The first kappa shape index (κ1) is 13.5. The number of halogens is 2. The molecule has 0 fully saturated rings. The second-order valence-corrected chi connectivity index (χ2v) is 5.50.